The molecule has 0 bridgehead atoms. The predicted molar refractivity (Wildman–Crippen MR) is 80.9 cm³/mol. The number of ether oxygens (including phenoxy) is 2. The van der Waals surface area contributed by atoms with Crippen LogP contribution in [0.4, 0.5) is 11.4 Å². The fourth-order valence-corrected chi connectivity index (χ4v) is 1.93. The van der Waals surface area contributed by atoms with Crippen molar-refractivity contribution in [2.75, 3.05) is 25.1 Å². The zero-order chi connectivity index (χ0) is 15.2. The van der Waals surface area contributed by atoms with E-state index in [1.54, 1.807) is 12.1 Å². The van der Waals surface area contributed by atoms with Crippen LogP contribution in [0.25, 0.3) is 0 Å². The van der Waals surface area contributed by atoms with E-state index in [2.05, 4.69) is 5.32 Å². The number of nitro benzene ring substituents is 1. The standard InChI is InChI=1S/C15H22N2O4/c1-11(2)21-15-9-13(5-6-14(15)17(18)19)16-7-8-20-10-12-3-4-12/h5-6,9,11-12,16H,3-4,7-8,10H2,1-2H3. The van der Waals surface area contributed by atoms with Crippen LogP contribution in [0.5, 0.6) is 5.75 Å². The van der Waals surface area contributed by atoms with Gasteiger partial charge in [0, 0.05) is 31.0 Å². The highest BCUT2D eigenvalue weighted by Gasteiger charge is 2.21. The number of benzene rings is 1. The topological polar surface area (TPSA) is 73.6 Å². The Hall–Kier alpha value is -1.82. The van der Waals surface area contributed by atoms with Crippen LogP contribution in [0, 0.1) is 16.0 Å². The van der Waals surface area contributed by atoms with E-state index in [1.807, 2.05) is 13.8 Å². The first-order valence-corrected chi connectivity index (χ1v) is 7.33. The molecule has 1 aromatic rings. The third-order valence-electron chi connectivity index (χ3n) is 3.15. The Bertz CT molecular complexity index is 487. The molecule has 0 aliphatic heterocycles. The van der Waals surface area contributed by atoms with Gasteiger partial charge in [-0.05, 0) is 38.7 Å². The summed E-state index contributed by atoms with van der Waals surface area (Å²) in [6.45, 7) is 5.83. The molecule has 0 atom stereocenters. The number of nitrogens with one attached hydrogen (secondary N) is 1. The maximum atomic E-state index is 11.0. The highest BCUT2D eigenvalue weighted by Crippen LogP contribution is 2.31. The minimum absolute atomic E-state index is 0.0146. The van der Waals surface area contributed by atoms with E-state index in [0.717, 1.165) is 18.2 Å². The Morgan fingerprint density at radius 3 is 2.81 bits per heavy atom. The second kappa shape index (κ2) is 7.26. The van der Waals surface area contributed by atoms with Gasteiger partial charge in [0.05, 0.1) is 17.6 Å². The molecule has 1 saturated carbocycles. The lowest BCUT2D eigenvalue weighted by Crippen LogP contribution is -2.11. The normalized spacial score (nSPS) is 14.2. The molecule has 1 aromatic carbocycles. The average Bonchev–Trinajstić information content (AvgIpc) is 3.21. The van der Waals surface area contributed by atoms with Crippen molar-refractivity contribution < 1.29 is 14.4 Å². The number of hydrogen-bond acceptors (Lipinski definition) is 5. The molecule has 6 heteroatoms. The molecule has 0 spiro atoms. The van der Waals surface area contributed by atoms with Gasteiger partial charge in [0.25, 0.3) is 0 Å². The third-order valence-corrected chi connectivity index (χ3v) is 3.15. The minimum atomic E-state index is -0.430. The van der Waals surface area contributed by atoms with Crippen LogP contribution < -0.4 is 10.1 Å². The molecule has 0 amide bonds. The first kappa shape index (κ1) is 15.6. The van der Waals surface area contributed by atoms with Crippen LogP contribution in [0.3, 0.4) is 0 Å². The van der Waals surface area contributed by atoms with E-state index in [9.17, 15) is 10.1 Å². The smallest absolute Gasteiger partial charge is 0.311 e. The maximum absolute atomic E-state index is 11.0. The van der Waals surface area contributed by atoms with Crippen LogP contribution in [0.2, 0.25) is 0 Å². The van der Waals surface area contributed by atoms with Crippen LogP contribution >= 0.6 is 0 Å². The molecule has 0 heterocycles. The van der Waals surface area contributed by atoms with Crippen molar-refractivity contribution in [1.29, 1.82) is 0 Å². The van der Waals surface area contributed by atoms with Gasteiger partial charge >= 0.3 is 5.69 Å². The minimum Gasteiger partial charge on any atom is -0.484 e. The summed E-state index contributed by atoms with van der Waals surface area (Å²) in [5, 5.41) is 14.2. The van der Waals surface area contributed by atoms with E-state index < -0.39 is 4.92 Å². The van der Waals surface area contributed by atoms with Crippen molar-refractivity contribution in [3.8, 4) is 5.75 Å². The molecule has 2 rings (SSSR count). The molecule has 0 aromatic heterocycles. The van der Waals surface area contributed by atoms with Crippen LogP contribution in [0.15, 0.2) is 18.2 Å². The van der Waals surface area contributed by atoms with Crippen molar-refractivity contribution in [2.45, 2.75) is 32.8 Å². The fraction of sp³-hybridized carbons (Fsp3) is 0.600. The van der Waals surface area contributed by atoms with Gasteiger partial charge in [0.15, 0.2) is 5.75 Å². The highest BCUT2D eigenvalue weighted by molar-refractivity contribution is 5.58. The zero-order valence-corrected chi connectivity index (χ0v) is 12.5. The molecular weight excluding hydrogens is 272 g/mol. The summed E-state index contributed by atoms with van der Waals surface area (Å²) < 4.78 is 11.0. The van der Waals surface area contributed by atoms with E-state index >= 15 is 0 Å². The monoisotopic (exact) mass is 294 g/mol. The van der Waals surface area contributed by atoms with Gasteiger partial charge < -0.3 is 14.8 Å². The molecule has 1 aliphatic rings. The van der Waals surface area contributed by atoms with Crippen molar-refractivity contribution in [1.82, 2.24) is 0 Å². The SMILES string of the molecule is CC(C)Oc1cc(NCCOCC2CC2)ccc1[N+](=O)[O-]. The Kier molecular flexibility index (Phi) is 5.38. The lowest BCUT2D eigenvalue weighted by atomic mass is 10.2. The predicted octanol–water partition coefficient (Wildman–Crippen LogP) is 3.22. The Labute approximate surface area is 124 Å². The largest absolute Gasteiger partial charge is 0.484 e. The van der Waals surface area contributed by atoms with Gasteiger partial charge in [0.2, 0.25) is 0 Å². The number of nitro groups is 1. The van der Waals surface area contributed by atoms with Gasteiger partial charge in [-0.25, -0.2) is 0 Å². The molecule has 6 nitrogen and oxygen atoms in total. The van der Waals surface area contributed by atoms with Crippen LogP contribution in [-0.4, -0.2) is 30.8 Å². The Morgan fingerprint density at radius 2 is 2.19 bits per heavy atom. The van der Waals surface area contributed by atoms with Crippen LogP contribution in [-0.2, 0) is 4.74 Å². The summed E-state index contributed by atoms with van der Waals surface area (Å²) in [5.41, 5.74) is 0.783. The highest BCUT2D eigenvalue weighted by atomic mass is 16.6. The maximum Gasteiger partial charge on any atom is 0.311 e. The Morgan fingerprint density at radius 1 is 1.43 bits per heavy atom. The molecule has 1 N–H and O–H groups in total. The lowest BCUT2D eigenvalue weighted by Gasteiger charge is -2.12. The third kappa shape index (κ3) is 5.23. The van der Waals surface area contributed by atoms with E-state index in [-0.39, 0.29) is 11.8 Å². The molecule has 0 saturated heterocycles. The van der Waals surface area contributed by atoms with Crippen molar-refractivity contribution in [3.63, 3.8) is 0 Å². The second-order valence-corrected chi connectivity index (χ2v) is 5.55. The van der Waals surface area contributed by atoms with Crippen molar-refractivity contribution >= 4 is 11.4 Å². The van der Waals surface area contributed by atoms with Gasteiger partial charge in [0.1, 0.15) is 0 Å². The lowest BCUT2D eigenvalue weighted by molar-refractivity contribution is -0.386. The molecule has 21 heavy (non-hydrogen) atoms. The molecule has 1 aliphatic carbocycles. The summed E-state index contributed by atoms with van der Waals surface area (Å²) in [4.78, 5) is 10.5. The number of rotatable bonds is 9. The van der Waals surface area contributed by atoms with Gasteiger partial charge in [-0.3, -0.25) is 10.1 Å². The first-order valence-electron chi connectivity index (χ1n) is 7.33. The van der Waals surface area contributed by atoms with E-state index in [1.165, 1.54) is 18.9 Å². The summed E-state index contributed by atoms with van der Waals surface area (Å²) in [5.74, 6) is 1.05. The summed E-state index contributed by atoms with van der Waals surface area (Å²) >= 11 is 0. The van der Waals surface area contributed by atoms with E-state index in [0.29, 0.717) is 18.9 Å². The molecule has 0 unspecified atom stereocenters. The summed E-state index contributed by atoms with van der Waals surface area (Å²) in [6, 6.07) is 4.82. The number of nitrogens with zero attached hydrogens (tertiary/aromatic N) is 1. The molecule has 1 fully saturated rings. The summed E-state index contributed by atoms with van der Waals surface area (Å²) in [6.07, 6.45) is 2.46. The fourth-order valence-electron chi connectivity index (χ4n) is 1.93. The van der Waals surface area contributed by atoms with Crippen molar-refractivity contribution in [2.24, 2.45) is 5.92 Å². The quantitative estimate of drug-likeness (QED) is 0.430. The second-order valence-electron chi connectivity index (χ2n) is 5.55. The van der Waals surface area contributed by atoms with E-state index in [4.69, 9.17) is 9.47 Å². The zero-order valence-electron chi connectivity index (χ0n) is 12.5. The molecule has 0 radical (unpaired) electrons. The van der Waals surface area contributed by atoms with Gasteiger partial charge in [-0.15, -0.1) is 0 Å². The Balaban J connectivity index is 1.87. The molecule has 116 valence electrons. The van der Waals surface area contributed by atoms with Gasteiger partial charge in [-0.1, -0.05) is 0 Å². The number of hydrogen-bond donors (Lipinski definition) is 1. The molecular formula is C15H22N2O4. The van der Waals surface area contributed by atoms with Crippen molar-refractivity contribution in [3.05, 3.63) is 28.3 Å². The first-order chi connectivity index (χ1) is 10.1. The van der Waals surface area contributed by atoms with Crippen LogP contribution in [0.1, 0.15) is 26.7 Å². The van der Waals surface area contributed by atoms with Gasteiger partial charge in [-0.2, -0.15) is 0 Å². The summed E-state index contributed by atoms with van der Waals surface area (Å²) in [7, 11) is 0. The number of anilines is 1. The average molecular weight is 294 g/mol.